The molecule has 0 spiro atoms. The van der Waals surface area contributed by atoms with Gasteiger partial charge in [0.05, 0.1) is 0 Å². The summed E-state index contributed by atoms with van der Waals surface area (Å²) >= 11 is 0. The monoisotopic (exact) mass is 358 g/mol. The van der Waals surface area contributed by atoms with Gasteiger partial charge in [-0.1, -0.05) is 6.92 Å². The summed E-state index contributed by atoms with van der Waals surface area (Å²) in [6, 6.07) is 5.69. The number of hydrogen-bond acceptors (Lipinski definition) is 8. The van der Waals surface area contributed by atoms with Crippen LogP contribution in [0.2, 0.25) is 0 Å². The van der Waals surface area contributed by atoms with Crippen molar-refractivity contribution < 1.29 is 34.4 Å². The van der Waals surface area contributed by atoms with Gasteiger partial charge in [0.15, 0.2) is 17.3 Å². The molecule has 0 aliphatic heterocycles. The van der Waals surface area contributed by atoms with Gasteiger partial charge in [0, 0.05) is 24.1 Å². The third-order valence-electron chi connectivity index (χ3n) is 3.66. The number of esters is 1. The van der Waals surface area contributed by atoms with Crippen LogP contribution in [0.15, 0.2) is 39.5 Å². The molecule has 0 fully saturated rings. The van der Waals surface area contributed by atoms with Crippen molar-refractivity contribution >= 4 is 16.9 Å². The highest BCUT2D eigenvalue weighted by molar-refractivity contribution is 5.89. The molecule has 0 aliphatic rings. The Balaban J connectivity index is 2.38. The van der Waals surface area contributed by atoms with Gasteiger partial charge in [-0.3, -0.25) is 9.59 Å². The van der Waals surface area contributed by atoms with Crippen molar-refractivity contribution in [2.24, 2.45) is 0 Å². The summed E-state index contributed by atoms with van der Waals surface area (Å²) in [5.41, 5.74) is -0.833. The summed E-state index contributed by atoms with van der Waals surface area (Å²) < 4.78 is 10.7. The van der Waals surface area contributed by atoms with Crippen LogP contribution in [-0.2, 0) is 4.79 Å². The van der Waals surface area contributed by atoms with Crippen LogP contribution in [0.1, 0.15) is 13.3 Å². The average Bonchev–Trinajstić information content (AvgIpc) is 2.58. The van der Waals surface area contributed by atoms with Crippen LogP contribution in [0, 0.1) is 0 Å². The van der Waals surface area contributed by atoms with Gasteiger partial charge in [0.25, 0.3) is 0 Å². The van der Waals surface area contributed by atoms with Crippen molar-refractivity contribution in [3.8, 4) is 40.1 Å². The van der Waals surface area contributed by atoms with E-state index in [0.717, 1.165) is 18.2 Å². The largest absolute Gasteiger partial charge is 0.508 e. The van der Waals surface area contributed by atoms with Crippen LogP contribution in [-0.4, -0.2) is 26.4 Å². The van der Waals surface area contributed by atoms with Crippen LogP contribution in [0.5, 0.6) is 28.7 Å². The van der Waals surface area contributed by atoms with Crippen LogP contribution < -0.4 is 10.2 Å². The number of ether oxygens (including phenoxy) is 1. The Morgan fingerprint density at radius 2 is 1.77 bits per heavy atom. The maximum Gasteiger partial charge on any atom is 0.311 e. The van der Waals surface area contributed by atoms with Gasteiger partial charge in [-0.15, -0.1) is 0 Å². The lowest BCUT2D eigenvalue weighted by Crippen LogP contribution is -2.15. The fourth-order valence-electron chi connectivity index (χ4n) is 2.40. The minimum Gasteiger partial charge on any atom is -0.508 e. The number of carbonyl (C=O) groups is 1. The highest BCUT2D eigenvalue weighted by atomic mass is 16.5. The summed E-state index contributed by atoms with van der Waals surface area (Å²) in [5, 5.41) is 38.4. The first-order valence-electron chi connectivity index (χ1n) is 7.57. The molecule has 134 valence electrons. The van der Waals surface area contributed by atoms with E-state index in [4.69, 9.17) is 9.15 Å². The molecule has 0 amide bonds. The molecule has 26 heavy (non-hydrogen) atoms. The van der Waals surface area contributed by atoms with E-state index in [9.17, 15) is 30.0 Å². The summed E-state index contributed by atoms with van der Waals surface area (Å²) in [5.74, 6) is -3.13. The summed E-state index contributed by atoms with van der Waals surface area (Å²) in [4.78, 5) is 24.5. The van der Waals surface area contributed by atoms with Gasteiger partial charge >= 0.3 is 5.97 Å². The summed E-state index contributed by atoms with van der Waals surface area (Å²) in [7, 11) is 0. The Morgan fingerprint density at radius 3 is 2.42 bits per heavy atom. The predicted molar refractivity (Wildman–Crippen MR) is 90.5 cm³/mol. The minimum absolute atomic E-state index is 0.0146. The molecule has 1 heterocycles. The van der Waals surface area contributed by atoms with Gasteiger partial charge in [-0.05, 0) is 18.2 Å². The summed E-state index contributed by atoms with van der Waals surface area (Å²) in [6.07, 6.45) is -0.0146. The molecular weight excluding hydrogens is 344 g/mol. The second-order valence-corrected chi connectivity index (χ2v) is 5.46. The average molecular weight is 358 g/mol. The normalized spacial score (nSPS) is 10.8. The number of aromatic hydroxyl groups is 4. The number of phenols is 4. The Morgan fingerprint density at radius 1 is 1.04 bits per heavy atom. The van der Waals surface area contributed by atoms with Crippen molar-refractivity contribution in [3.05, 3.63) is 40.6 Å². The maximum atomic E-state index is 12.8. The van der Waals surface area contributed by atoms with E-state index in [1.807, 2.05) is 0 Å². The first-order valence-corrected chi connectivity index (χ1v) is 7.57. The fourth-order valence-corrected chi connectivity index (χ4v) is 2.40. The number of benzene rings is 2. The zero-order valence-electron chi connectivity index (χ0n) is 13.5. The number of carbonyl (C=O) groups excluding carboxylic acids is 1. The molecular formula is C18H14O8. The standard InChI is InChI=1S/C18H14O8/c1-2-14(23)26-18-16(24)15-12(22)6-9(19)7-13(15)25-17(18)8-3-4-10(20)11(21)5-8/h3-7,19-22H,2H2,1H3. The molecule has 0 bridgehead atoms. The minimum atomic E-state index is -0.826. The van der Waals surface area contributed by atoms with Crippen molar-refractivity contribution in [2.45, 2.75) is 13.3 Å². The smallest absolute Gasteiger partial charge is 0.311 e. The molecule has 4 N–H and O–H groups in total. The zero-order valence-corrected chi connectivity index (χ0v) is 13.5. The van der Waals surface area contributed by atoms with Crippen molar-refractivity contribution in [3.63, 3.8) is 0 Å². The molecule has 0 radical (unpaired) electrons. The van der Waals surface area contributed by atoms with Crippen LogP contribution >= 0.6 is 0 Å². The molecule has 0 unspecified atom stereocenters. The highest BCUT2D eigenvalue weighted by Gasteiger charge is 2.23. The molecule has 1 aromatic heterocycles. The van der Waals surface area contributed by atoms with E-state index in [-0.39, 0.29) is 40.2 Å². The number of rotatable bonds is 3. The molecule has 8 nitrogen and oxygen atoms in total. The van der Waals surface area contributed by atoms with E-state index in [1.165, 1.54) is 19.1 Å². The van der Waals surface area contributed by atoms with Gasteiger partial charge in [0.2, 0.25) is 11.2 Å². The van der Waals surface area contributed by atoms with Crippen molar-refractivity contribution in [1.29, 1.82) is 0 Å². The Labute approximate surface area is 146 Å². The van der Waals surface area contributed by atoms with E-state index >= 15 is 0 Å². The molecule has 0 saturated heterocycles. The van der Waals surface area contributed by atoms with Gasteiger partial charge < -0.3 is 29.6 Å². The Hall–Kier alpha value is -3.68. The maximum absolute atomic E-state index is 12.8. The second-order valence-electron chi connectivity index (χ2n) is 5.46. The quantitative estimate of drug-likeness (QED) is 0.414. The summed E-state index contributed by atoms with van der Waals surface area (Å²) in [6.45, 7) is 1.53. The fraction of sp³-hybridized carbons (Fsp3) is 0.111. The number of fused-ring (bicyclic) bond motifs is 1. The Bertz CT molecular complexity index is 1080. The van der Waals surface area contributed by atoms with Crippen molar-refractivity contribution in [1.82, 2.24) is 0 Å². The van der Waals surface area contributed by atoms with Crippen LogP contribution in [0.25, 0.3) is 22.3 Å². The van der Waals surface area contributed by atoms with E-state index in [2.05, 4.69) is 0 Å². The van der Waals surface area contributed by atoms with Gasteiger partial charge in [-0.2, -0.15) is 0 Å². The lowest BCUT2D eigenvalue weighted by Gasteiger charge is -2.11. The van der Waals surface area contributed by atoms with E-state index in [1.54, 1.807) is 0 Å². The van der Waals surface area contributed by atoms with Crippen molar-refractivity contribution in [2.75, 3.05) is 0 Å². The molecule has 3 rings (SSSR count). The highest BCUT2D eigenvalue weighted by Crippen LogP contribution is 2.38. The van der Waals surface area contributed by atoms with E-state index < -0.39 is 28.6 Å². The lowest BCUT2D eigenvalue weighted by atomic mass is 10.1. The third kappa shape index (κ3) is 2.88. The molecule has 0 atom stereocenters. The molecule has 3 aromatic rings. The SMILES string of the molecule is CCC(=O)Oc1c(-c2ccc(O)c(O)c2)oc2cc(O)cc(O)c2c1=O. The number of hydrogen-bond donors (Lipinski definition) is 4. The third-order valence-corrected chi connectivity index (χ3v) is 3.66. The van der Waals surface area contributed by atoms with E-state index in [0.29, 0.717) is 0 Å². The van der Waals surface area contributed by atoms with Crippen LogP contribution in [0.3, 0.4) is 0 Å². The Kier molecular flexibility index (Phi) is 4.17. The topological polar surface area (TPSA) is 137 Å². The first kappa shape index (κ1) is 17.2. The van der Waals surface area contributed by atoms with Gasteiger partial charge in [0.1, 0.15) is 22.5 Å². The van der Waals surface area contributed by atoms with Gasteiger partial charge in [-0.25, -0.2) is 0 Å². The lowest BCUT2D eigenvalue weighted by molar-refractivity contribution is -0.134. The molecule has 0 saturated carbocycles. The zero-order chi connectivity index (χ0) is 19.0. The van der Waals surface area contributed by atoms with Crippen LogP contribution in [0.4, 0.5) is 0 Å². The predicted octanol–water partition coefficient (Wildman–Crippen LogP) is 2.60. The second kappa shape index (κ2) is 6.32. The molecule has 2 aromatic carbocycles. The first-order chi connectivity index (χ1) is 12.3. The molecule has 8 heteroatoms. The molecule has 0 aliphatic carbocycles. The number of phenolic OH excluding ortho intramolecular Hbond substituents is 4.